The van der Waals surface area contributed by atoms with Crippen molar-refractivity contribution in [2.75, 3.05) is 26.0 Å². The Balaban J connectivity index is 1.86. The number of likely N-dealkylation sites (N-methyl/N-ethyl adjacent to an activating group) is 1. The highest BCUT2D eigenvalue weighted by molar-refractivity contribution is 5.92. The fourth-order valence-electron chi connectivity index (χ4n) is 2.54. The van der Waals surface area contributed by atoms with Crippen LogP contribution < -0.4 is 10.1 Å². The molecule has 0 bridgehead atoms. The van der Waals surface area contributed by atoms with Crippen LogP contribution in [0.15, 0.2) is 48.5 Å². The van der Waals surface area contributed by atoms with Crippen LogP contribution in [0.1, 0.15) is 30.9 Å². The van der Waals surface area contributed by atoms with Crippen molar-refractivity contribution in [3.05, 3.63) is 59.7 Å². The van der Waals surface area contributed by atoms with Crippen molar-refractivity contribution in [3.63, 3.8) is 0 Å². The van der Waals surface area contributed by atoms with Crippen molar-refractivity contribution in [2.45, 2.75) is 26.3 Å². The van der Waals surface area contributed by atoms with Gasteiger partial charge in [-0.05, 0) is 48.4 Å². The molecule has 4 heteroatoms. The average Bonchev–Trinajstić information content (AvgIpc) is 2.55. The molecule has 2 aromatic carbocycles. The van der Waals surface area contributed by atoms with Crippen LogP contribution in [0.4, 0.5) is 5.69 Å². The molecule has 2 rings (SSSR count). The lowest BCUT2D eigenvalue weighted by atomic mass is 10.0. The van der Waals surface area contributed by atoms with Crippen LogP contribution in [0.3, 0.4) is 0 Å². The first kappa shape index (κ1) is 18.0. The van der Waals surface area contributed by atoms with E-state index in [4.69, 9.17) is 4.74 Å². The predicted molar refractivity (Wildman–Crippen MR) is 98.5 cm³/mol. The van der Waals surface area contributed by atoms with Crippen LogP contribution >= 0.6 is 0 Å². The second-order valence-corrected chi connectivity index (χ2v) is 6.35. The number of carbonyl (C=O) groups is 1. The molecule has 0 aliphatic rings. The Morgan fingerprint density at radius 3 is 2.50 bits per heavy atom. The molecule has 4 nitrogen and oxygen atoms in total. The van der Waals surface area contributed by atoms with E-state index in [2.05, 4.69) is 31.3 Å². The van der Waals surface area contributed by atoms with E-state index in [0.717, 1.165) is 17.0 Å². The molecule has 0 aliphatic carbocycles. The van der Waals surface area contributed by atoms with Gasteiger partial charge >= 0.3 is 0 Å². The number of ether oxygens (including phenoxy) is 1. The summed E-state index contributed by atoms with van der Waals surface area (Å²) in [5.41, 5.74) is 3.22. The number of hydrogen-bond donors (Lipinski definition) is 1. The number of anilines is 1. The van der Waals surface area contributed by atoms with Crippen LogP contribution in [0.5, 0.6) is 5.75 Å². The molecule has 0 spiro atoms. The normalized spacial score (nSPS) is 10.9. The zero-order valence-electron chi connectivity index (χ0n) is 14.9. The summed E-state index contributed by atoms with van der Waals surface area (Å²) >= 11 is 0. The summed E-state index contributed by atoms with van der Waals surface area (Å²) < 4.78 is 5.23. The second kappa shape index (κ2) is 8.50. The Morgan fingerprint density at radius 1 is 1.17 bits per heavy atom. The van der Waals surface area contributed by atoms with Gasteiger partial charge in [0.2, 0.25) is 5.91 Å². The third kappa shape index (κ3) is 5.39. The van der Waals surface area contributed by atoms with E-state index in [1.807, 2.05) is 48.3 Å². The van der Waals surface area contributed by atoms with E-state index in [9.17, 15) is 4.79 Å². The van der Waals surface area contributed by atoms with E-state index in [0.29, 0.717) is 19.0 Å². The highest BCUT2D eigenvalue weighted by Crippen LogP contribution is 2.17. The monoisotopic (exact) mass is 326 g/mol. The lowest BCUT2D eigenvalue weighted by Gasteiger charge is -2.17. The number of nitrogens with one attached hydrogen (secondary N) is 1. The predicted octanol–water partition coefficient (Wildman–Crippen LogP) is 3.89. The minimum absolute atomic E-state index is 0.0160. The van der Waals surface area contributed by atoms with Gasteiger partial charge in [0.05, 0.1) is 13.7 Å². The average molecular weight is 326 g/mol. The molecule has 1 amide bonds. The fraction of sp³-hybridized carbons (Fsp3) is 0.350. The number of hydrogen-bond acceptors (Lipinski definition) is 3. The molecule has 0 unspecified atom stereocenters. The molecule has 1 N–H and O–H groups in total. The van der Waals surface area contributed by atoms with Crippen LogP contribution in [-0.4, -0.2) is 31.5 Å². The molecule has 0 atom stereocenters. The van der Waals surface area contributed by atoms with Crippen LogP contribution in [0.2, 0.25) is 0 Å². The van der Waals surface area contributed by atoms with Crippen molar-refractivity contribution < 1.29 is 9.53 Å². The van der Waals surface area contributed by atoms with E-state index in [-0.39, 0.29) is 5.91 Å². The first-order valence-corrected chi connectivity index (χ1v) is 8.19. The smallest absolute Gasteiger partial charge is 0.238 e. The zero-order chi connectivity index (χ0) is 17.5. The van der Waals surface area contributed by atoms with Gasteiger partial charge < -0.3 is 10.1 Å². The summed E-state index contributed by atoms with van der Waals surface area (Å²) in [5, 5.41) is 2.94. The summed E-state index contributed by atoms with van der Waals surface area (Å²) in [6.45, 7) is 5.34. The summed E-state index contributed by atoms with van der Waals surface area (Å²) in [4.78, 5) is 14.2. The van der Waals surface area contributed by atoms with Crippen LogP contribution in [0, 0.1) is 0 Å². The van der Waals surface area contributed by atoms with E-state index in [1.165, 1.54) is 5.56 Å². The van der Waals surface area contributed by atoms with Gasteiger partial charge in [-0.1, -0.05) is 38.1 Å². The van der Waals surface area contributed by atoms with Crippen LogP contribution in [-0.2, 0) is 11.3 Å². The van der Waals surface area contributed by atoms with Gasteiger partial charge in [0, 0.05) is 12.2 Å². The second-order valence-electron chi connectivity index (χ2n) is 6.35. The van der Waals surface area contributed by atoms with Gasteiger partial charge in [-0.15, -0.1) is 0 Å². The highest BCUT2D eigenvalue weighted by Gasteiger charge is 2.08. The summed E-state index contributed by atoms with van der Waals surface area (Å²) in [7, 11) is 3.59. The zero-order valence-corrected chi connectivity index (χ0v) is 14.9. The van der Waals surface area contributed by atoms with Crippen molar-refractivity contribution in [2.24, 2.45) is 0 Å². The summed E-state index contributed by atoms with van der Waals surface area (Å²) in [6.07, 6.45) is 0. The molecular formula is C20H26N2O2. The quantitative estimate of drug-likeness (QED) is 0.839. The number of nitrogens with zero attached hydrogens (tertiary/aromatic N) is 1. The Bertz CT molecular complexity index is 666. The maximum atomic E-state index is 12.2. The molecule has 0 heterocycles. The third-order valence-corrected chi connectivity index (χ3v) is 3.86. The van der Waals surface area contributed by atoms with Gasteiger partial charge in [0.15, 0.2) is 0 Å². The molecule has 0 saturated carbocycles. The molecular weight excluding hydrogens is 300 g/mol. The third-order valence-electron chi connectivity index (χ3n) is 3.86. The van der Waals surface area contributed by atoms with Gasteiger partial charge in [0.25, 0.3) is 0 Å². The van der Waals surface area contributed by atoms with Gasteiger partial charge in [-0.3, -0.25) is 9.69 Å². The Kier molecular flexibility index (Phi) is 6.38. The lowest BCUT2D eigenvalue weighted by Crippen LogP contribution is -2.29. The summed E-state index contributed by atoms with van der Waals surface area (Å²) in [5.74, 6) is 1.30. The number of rotatable bonds is 7. The van der Waals surface area contributed by atoms with Gasteiger partial charge in [-0.2, -0.15) is 0 Å². The Hall–Kier alpha value is -2.33. The van der Waals surface area contributed by atoms with E-state index >= 15 is 0 Å². The maximum Gasteiger partial charge on any atom is 0.238 e. The number of amides is 1. The van der Waals surface area contributed by atoms with Crippen molar-refractivity contribution >= 4 is 11.6 Å². The number of methoxy groups -OCH3 is 1. The molecule has 0 aliphatic heterocycles. The molecule has 24 heavy (non-hydrogen) atoms. The Labute approximate surface area is 144 Å². The minimum Gasteiger partial charge on any atom is -0.497 e. The van der Waals surface area contributed by atoms with E-state index in [1.54, 1.807) is 7.11 Å². The lowest BCUT2D eigenvalue weighted by molar-refractivity contribution is -0.117. The standard InChI is InChI=1S/C20H26N2O2/c1-15(2)17-8-10-18(11-9-17)21-20(23)14-22(3)13-16-6-5-7-19(12-16)24-4/h5-12,15H,13-14H2,1-4H3,(H,21,23). The number of carbonyl (C=O) groups excluding carboxylic acids is 1. The molecule has 0 aromatic heterocycles. The van der Waals surface area contributed by atoms with Gasteiger partial charge in [-0.25, -0.2) is 0 Å². The first-order valence-electron chi connectivity index (χ1n) is 8.19. The van der Waals surface area contributed by atoms with E-state index < -0.39 is 0 Å². The molecule has 2 aromatic rings. The largest absolute Gasteiger partial charge is 0.497 e. The minimum atomic E-state index is -0.0160. The molecule has 128 valence electrons. The van der Waals surface area contributed by atoms with Crippen molar-refractivity contribution in [3.8, 4) is 5.75 Å². The van der Waals surface area contributed by atoms with Gasteiger partial charge in [0.1, 0.15) is 5.75 Å². The molecule has 0 radical (unpaired) electrons. The Morgan fingerprint density at radius 2 is 1.88 bits per heavy atom. The van der Waals surface area contributed by atoms with Crippen molar-refractivity contribution in [1.82, 2.24) is 4.90 Å². The molecule has 0 fully saturated rings. The topological polar surface area (TPSA) is 41.6 Å². The SMILES string of the molecule is COc1cccc(CN(C)CC(=O)Nc2ccc(C(C)C)cc2)c1. The maximum absolute atomic E-state index is 12.2. The first-order chi connectivity index (χ1) is 11.5. The summed E-state index contributed by atoms with van der Waals surface area (Å²) in [6, 6.07) is 15.9. The molecule has 0 saturated heterocycles. The number of benzene rings is 2. The fourth-order valence-corrected chi connectivity index (χ4v) is 2.54. The van der Waals surface area contributed by atoms with Crippen LogP contribution in [0.25, 0.3) is 0 Å². The van der Waals surface area contributed by atoms with Crippen molar-refractivity contribution in [1.29, 1.82) is 0 Å². The highest BCUT2D eigenvalue weighted by atomic mass is 16.5.